The number of hydrogen-bond donors (Lipinski definition) is 0. The molecule has 0 saturated carbocycles. The zero-order chi connectivity index (χ0) is 10.3. The Labute approximate surface area is 86.7 Å². The van der Waals surface area contributed by atoms with Gasteiger partial charge in [0.15, 0.2) is 0 Å². The van der Waals surface area contributed by atoms with Crippen LogP contribution in [0.15, 0.2) is 18.5 Å². The van der Waals surface area contributed by atoms with Crippen molar-refractivity contribution in [2.75, 3.05) is 7.05 Å². The first-order chi connectivity index (χ1) is 6.53. The van der Waals surface area contributed by atoms with Crippen LogP contribution < -0.4 is 0 Å². The molecule has 4 heteroatoms. The van der Waals surface area contributed by atoms with E-state index in [1.165, 1.54) is 5.56 Å². The molecule has 3 nitrogen and oxygen atoms in total. The van der Waals surface area contributed by atoms with Gasteiger partial charge >= 0.3 is 0 Å². The number of rotatable bonds is 0. The number of fused-ring (bicyclic) bond motifs is 1. The fourth-order valence-electron chi connectivity index (χ4n) is 1.92. The van der Waals surface area contributed by atoms with Crippen molar-refractivity contribution in [2.24, 2.45) is 0 Å². The Kier molecular flexibility index (Phi) is 2.20. The molecule has 1 unspecified atom stereocenters. The van der Waals surface area contributed by atoms with Crippen molar-refractivity contribution in [3.63, 3.8) is 0 Å². The largest absolute Gasteiger partial charge is 0.264 e. The summed E-state index contributed by atoms with van der Waals surface area (Å²) < 4.78 is 13.6. The minimum atomic E-state index is -0.951. The van der Waals surface area contributed by atoms with Crippen molar-refractivity contribution < 1.29 is 4.21 Å². The van der Waals surface area contributed by atoms with E-state index in [1.54, 1.807) is 6.20 Å². The Morgan fingerprint density at radius 1 is 1.57 bits per heavy atom. The highest BCUT2D eigenvalue weighted by Gasteiger charge is 2.37. The minimum Gasteiger partial charge on any atom is -0.264 e. The van der Waals surface area contributed by atoms with Crippen LogP contribution in [0.2, 0.25) is 0 Å². The molecular weight excluding hydrogens is 196 g/mol. The van der Waals surface area contributed by atoms with Crippen LogP contribution in [-0.4, -0.2) is 20.5 Å². The topological polar surface area (TPSA) is 33.2 Å². The molecule has 1 aliphatic heterocycles. The van der Waals surface area contributed by atoms with Gasteiger partial charge in [-0.1, -0.05) is 0 Å². The molecule has 0 saturated heterocycles. The average molecular weight is 210 g/mol. The third-order valence-electron chi connectivity index (χ3n) is 2.66. The lowest BCUT2D eigenvalue weighted by atomic mass is 9.98. The highest BCUT2D eigenvalue weighted by molar-refractivity contribution is 7.83. The summed E-state index contributed by atoms with van der Waals surface area (Å²) in [4.78, 5) is 4.10. The summed E-state index contributed by atoms with van der Waals surface area (Å²) in [6, 6.07) is 1.97. The summed E-state index contributed by atoms with van der Waals surface area (Å²) in [5, 5.41) is 0. The molecule has 0 amide bonds. The second kappa shape index (κ2) is 3.14. The van der Waals surface area contributed by atoms with E-state index in [1.807, 2.05) is 37.5 Å². The number of pyridine rings is 1. The van der Waals surface area contributed by atoms with Crippen molar-refractivity contribution in [3.8, 4) is 0 Å². The molecule has 2 heterocycles. The van der Waals surface area contributed by atoms with E-state index in [4.69, 9.17) is 0 Å². The smallest absolute Gasteiger partial charge is 0.105 e. The Hall–Kier alpha value is -0.740. The van der Waals surface area contributed by atoms with Gasteiger partial charge in [0.2, 0.25) is 0 Å². The zero-order valence-corrected chi connectivity index (χ0v) is 9.47. The summed E-state index contributed by atoms with van der Waals surface area (Å²) in [5.41, 5.74) is 2.34. The first-order valence-electron chi connectivity index (χ1n) is 4.60. The van der Waals surface area contributed by atoms with Gasteiger partial charge in [0.05, 0.1) is 4.75 Å². The predicted molar refractivity (Wildman–Crippen MR) is 56.9 cm³/mol. The van der Waals surface area contributed by atoms with Crippen LogP contribution in [0.4, 0.5) is 0 Å². The molecule has 0 aliphatic carbocycles. The Balaban J connectivity index is 2.60. The van der Waals surface area contributed by atoms with Gasteiger partial charge in [-0.05, 0) is 31.0 Å². The fourth-order valence-corrected chi connectivity index (χ4v) is 3.35. The van der Waals surface area contributed by atoms with Crippen molar-refractivity contribution >= 4 is 11.0 Å². The van der Waals surface area contributed by atoms with E-state index >= 15 is 0 Å². The standard InChI is InChI=1S/C10H14N2OS/c1-10(2)9-4-5-11-6-8(9)7-12(3)14(10)13/h4-6H,7H2,1-3H3. The summed E-state index contributed by atoms with van der Waals surface area (Å²) >= 11 is 0. The third kappa shape index (κ3) is 1.29. The van der Waals surface area contributed by atoms with E-state index in [2.05, 4.69) is 4.98 Å². The van der Waals surface area contributed by atoms with E-state index in [-0.39, 0.29) is 4.75 Å². The molecule has 1 atom stereocenters. The molecule has 76 valence electrons. The number of hydrogen-bond acceptors (Lipinski definition) is 2. The van der Waals surface area contributed by atoms with Crippen LogP contribution in [0.3, 0.4) is 0 Å². The Morgan fingerprint density at radius 3 is 3.00 bits per heavy atom. The first-order valence-corrected chi connectivity index (χ1v) is 5.70. The SMILES string of the molecule is CN1Cc2cnccc2C(C)(C)S1=O. The van der Waals surface area contributed by atoms with Gasteiger partial charge in [-0.25, -0.2) is 8.51 Å². The highest BCUT2D eigenvalue weighted by Crippen LogP contribution is 2.35. The summed E-state index contributed by atoms with van der Waals surface area (Å²) in [7, 11) is 0.932. The van der Waals surface area contributed by atoms with E-state index in [0.717, 1.165) is 12.1 Å². The minimum absolute atomic E-state index is 0.300. The molecule has 0 fully saturated rings. The van der Waals surface area contributed by atoms with Crippen molar-refractivity contribution in [1.82, 2.24) is 9.29 Å². The molecule has 0 radical (unpaired) electrons. The molecule has 1 aliphatic rings. The van der Waals surface area contributed by atoms with Gasteiger partial charge in [-0.2, -0.15) is 0 Å². The maximum Gasteiger partial charge on any atom is 0.105 e. The molecule has 0 N–H and O–H groups in total. The molecular formula is C10H14N2OS. The van der Waals surface area contributed by atoms with E-state index in [0.29, 0.717) is 0 Å². The second-order valence-electron chi connectivity index (χ2n) is 4.08. The van der Waals surface area contributed by atoms with Crippen molar-refractivity contribution in [1.29, 1.82) is 0 Å². The monoisotopic (exact) mass is 210 g/mol. The number of nitrogens with zero attached hydrogens (tertiary/aromatic N) is 2. The quantitative estimate of drug-likeness (QED) is 0.649. The summed E-state index contributed by atoms with van der Waals surface area (Å²) in [5.74, 6) is 0. The second-order valence-corrected chi connectivity index (χ2v) is 6.22. The molecule has 0 aromatic carbocycles. The lowest BCUT2D eigenvalue weighted by molar-refractivity contribution is 0.468. The van der Waals surface area contributed by atoms with Crippen molar-refractivity contribution in [3.05, 3.63) is 29.6 Å². The normalized spacial score (nSPS) is 25.8. The van der Waals surface area contributed by atoms with E-state index < -0.39 is 11.0 Å². The highest BCUT2D eigenvalue weighted by atomic mass is 32.2. The first kappa shape index (κ1) is 9.80. The Morgan fingerprint density at radius 2 is 2.29 bits per heavy atom. The van der Waals surface area contributed by atoms with Crippen molar-refractivity contribution in [2.45, 2.75) is 25.1 Å². The molecule has 14 heavy (non-hydrogen) atoms. The van der Waals surface area contributed by atoms with Gasteiger partial charge in [0.1, 0.15) is 11.0 Å². The van der Waals surface area contributed by atoms with Gasteiger partial charge in [-0.15, -0.1) is 0 Å². The summed E-state index contributed by atoms with van der Waals surface area (Å²) in [6.07, 6.45) is 3.63. The maximum absolute atomic E-state index is 12.0. The predicted octanol–water partition coefficient (Wildman–Crippen LogP) is 1.43. The molecule has 0 spiro atoms. The van der Waals surface area contributed by atoms with Gasteiger partial charge < -0.3 is 0 Å². The lowest BCUT2D eigenvalue weighted by Crippen LogP contribution is -2.40. The van der Waals surface area contributed by atoms with Crippen LogP contribution in [-0.2, 0) is 22.3 Å². The molecule has 2 rings (SSSR count). The molecule has 1 aromatic heterocycles. The van der Waals surface area contributed by atoms with Crippen LogP contribution >= 0.6 is 0 Å². The summed E-state index contributed by atoms with van der Waals surface area (Å²) in [6.45, 7) is 4.74. The van der Waals surface area contributed by atoms with Gasteiger partial charge in [-0.3, -0.25) is 4.98 Å². The molecule has 0 bridgehead atoms. The van der Waals surface area contributed by atoms with Crippen LogP contribution in [0.1, 0.15) is 25.0 Å². The van der Waals surface area contributed by atoms with Gasteiger partial charge in [0, 0.05) is 26.0 Å². The van der Waals surface area contributed by atoms with Crippen LogP contribution in [0.5, 0.6) is 0 Å². The third-order valence-corrected chi connectivity index (χ3v) is 4.45. The average Bonchev–Trinajstić information content (AvgIpc) is 2.15. The zero-order valence-electron chi connectivity index (χ0n) is 8.65. The number of aromatic nitrogens is 1. The molecule has 1 aromatic rings. The maximum atomic E-state index is 12.0. The lowest BCUT2D eigenvalue weighted by Gasteiger charge is -2.36. The van der Waals surface area contributed by atoms with Gasteiger partial charge in [0.25, 0.3) is 0 Å². The Bertz CT molecular complexity index is 389. The van der Waals surface area contributed by atoms with Crippen LogP contribution in [0, 0.1) is 0 Å². The fraction of sp³-hybridized carbons (Fsp3) is 0.500. The van der Waals surface area contributed by atoms with E-state index in [9.17, 15) is 4.21 Å². The van der Waals surface area contributed by atoms with Crippen LogP contribution in [0.25, 0.3) is 0 Å².